The van der Waals surface area contributed by atoms with Crippen LogP contribution < -0.4 is 15.0 Å². The third-order valence-corrected chi connectivity index (χ3v) is 3.00. The van der Waals surface area contributed by atoms with Crippen LogP contribution in [-0.4, -0.2) is 23.6 Å². The number of fused-ring (bicyclic) bond motifs is 3. The molecule has 0 fully saturated rings. The predicted octanol–water partition coefficient (Wildman–Crippen LogP) is 1.80. The van der Waals surface area contributed by atoms with Crippen LogP contribution in [0.4, 0.5) is 0 Å². The van der Waals surface area contributed by atoms with E-state index < -0.39 is 0 Å². The molecule has 0 aliphatic carbocycles. The van der Waals surface area contributed by atoms with Gasteiger partial charge in [-0.3, -0.25) is 4.79 Å². The third kappa shape index (κ3) is 1.37. The second-order valence-corrected chi connectivity index (χ2v) is 3.96. The Morgan fingerprint density at radius 1 is 1.17 bits per heavy atom. The second kappa shape index (κ2) is 3.80. The van der Waals surface area contributed by atoms with Crippen molar-refractivity contribution in [3.05, 3.63) is 40.9 Å². The van der Waals surface area contributed by atoms with Crippen molar-refractivity contribution in [2.24, 2.45) is 0 Å². The number of ether oxygens (including phenoxy) is 2. The zero-order valence-corrected chi connectivity index (χ0v) is 10.1. The normalized spacial score (nSPS) is 11.0. The van der Waals surface area contributed by atoms with Gasteiger partial charge < -0.3 is 18.9 Å². The summed E-state index contributed by atoms with van der Waals surface area (Å²) in [5.74, 6) is 1.38. The van der Waals surface area contributed by atoms with Gasteiger partial charge in [0.2, 0.25) is 0 Å². The van der Waals surface area contributed by atoms with Crippen LogP contribution in [0.25, 0.3) is 16.4 Å². The third-order valence-electron chi connectivity index (χ3n) is 3.00. The maximum atomic E-state index is 11.8. The molecule has 5 heteroatoms. The van der Waals surface area contributed by atoms with Crippen LogP contribution in [0, 0.1) is 0 Å². The fraction of sp³-hybridized carbons (Fsp3) is 0.154. The molecule has 3 aromatic rings. The van der Waals surface area contributed by atoms with E-state index in [1.165, 1.54) is 0 Å². The number of methoxy groups -OCH3 is 2. The lowest BCUT2D eigenvalue weighted by atomic mass is 10.2. The molecular weight excluding hydrogens is 232 g/mol. The number of nitrogens with one attached hydrogen (secondary N) is 1. The maximum absolute atomic E-state index is 11.8. The second-order valence-electron chi connectivity index (χ2n) is 3.96. The molecule has 0 unspecified atom stereocenters. The molecule has 0 saturated heterocycles. The highest BCUT2D eigenvalue weighted by molar-refractivity contribution is 5.92. The van der Waals surface area contributed by atoms with Crippen molar-refractivity contribution >= 4 is 16.4 Å². The van der Waals surface area contributed by atoms with E-state index in [0.29, 0.717) is 17.0 Å². The summed E-state index contributed by atoms with van der Waals surface area (Å²) < 4.78 is 12.4. The van der Waals surface area contributed by atoms with E-state index >= 15 is 0 Å². The van der Waals surface area contributed by atoms with Crippen molar-refractivity contribution in [1.29, 1.82) is 0 Å². The zero-order chi connectivity index (χ0) is 12.7. The van der Waals surface area contributed by atoms with Crippen molar-refractivity contribution in [3.8, 4) is 11.5 Å². The van der Waals surface area contributed by atoms with E-state index in [4.69, 9.17) is 9.47 Å². The summed E-state index contributed by atoms with van der Waals surface area (Å²) in [6.07, 6.45) is 3.41. The van der Waals surface area contributed by atoms with Gasteiger partial charge in [-0.15, -0.1) is 0 Å². The first-order chi connectivity index (χ1) is 8.74. The van der Waals surface area contributed by atoms with Gasteiger partial charge in [-0.2, -0.15) is 0 Å². The monoisotopic (exact) mass is 244 g/mol. The van der Waals surface area contributed by atoms with Gasteiger partial charge in [0.1, 0.15) is 17.0 Å². The molecule has 5 nitrogen and oxygen atoms in total. The molecule has 0 radical (unpaired) electrons. The summed E-state index contributed by atoms with van der Waals surface area (Å²) >= 11 is 0. The number of hydrogen-bond acceptors (Lipinski definition) is 3. The van der Waals surface area contributed by atoms with Gasteiger partial charge in [-0.25, -0.2) is 0 Å². The molecule has 0 saturated carbocycles. The zero-order valence-electron chi connectivity index (χ0n) is 10.1. The molecule has 0 bridgehead atoms. The summed E-state index contributed by atoms with van der Waals surface area (Å²) in [6, 6.07) is 5.50. The topological polar surface area (TPSA) is 55.7 Å². The van der Waals surface area contributed by atoms with Gasteiger partial charge in [0.15, 0.2) is 0 Å². The Balaban J connectivity index is 2.54. The summed E-state index contributed by atoms with van der Waals surface area (Å²) in [6.45, 7) is 0. The summed E-state index contributed by atoms with van der Waals surface area (Å²) in [4.78, 5) is 14.4. The van der Waals surface area contributed by atoms with Crippen molar-refractivity contribution in [3.63, 3.8) is 0 Å². The number of aromatic nitrogens is 2. The molecule has 92 valence electrons. The Labute approximate surface area is 103 Å². The van der Waals surface area contributed by atoms with Crippen LogP contribution in [0.15, 0.2) is 35.4 Å². The van der Waals surface area contributed by atoms with Gasteiger partial charge >= 0.3 is 0 Å². The molecule has 1 N–H and O–H groups in total. The Morgan fingerprint density at radius 3 is 2.72 bits per heavy atom. The Bertz CT molecular complexity index is 786. The molecule has 0 aliphatic rings. The number of hydrogen-bond donors (Lipinski definition) is 1. The molecular formula is C13H12N2O3. The van der Waals surface area contributed by atoms with E-state index in [-0.39, 0.29) is 5.56 Å². The van der Waals surface area contributed by atoms with E-state index in [9.17, 15) is 4.79 Å². The van der Waals surface area contributed by atoms with Gasteiger partial charge in [-0.05, 0) is 12.1 Å². The lowest BCUT2D eigenvalue weighted by molar-refractivity contribution is 0.397. The SMILES string of the molecule is COc1cc(OC)c2c(c1)cc1c(=O)[nH]ccn12. The lowest BCUT2D eigenvalue weighted by Crippen LogP contribution is -2.07. The molecule has 0 amide bonds. The largest absolute Gasteiger partial charge is 0.497 e. The lowest BCUT2D eigenvalue weighted by Gasteiger charge is -2.06. The molecule has 0 atom stereocenters. The van der Waals surface area contributed by atoms with Gasteiger partial charge in [-0.1, -0.05) is 0 Å². The molecule has 2 heterocycles. The average molecular weight is 244 g/mol. The number of rotatable bonds is 2. The maximum Gasteiger partial charge on any atom is 0.272 e. The van der Waals surface area contributed by atoms with Crippen LogP contribution in [-0.2, 0) is 0 Å². The number of H-pyrrole nitrogens is 1. The van der Waals surface area contributed by atoms with Gasteiger partial charge in [0.05, 0.1) is 19.7 Å². The molecule has 3 rings (SSSR count). The first-order valence-electron chi connectivity index (χ1n) is 5.49. The minimum absolute atomic E-state index is 0.130. The molecule has 0 spiro atoms. The van der Waals surface area contributed by atoms with E-state index in [1.54, 1.807) is 32.7 Å². The van der Waals surface area contributed by atoms with E-state index in [1.807, 2.05) is 16.5 Å². The fourth-order valence-electron chi connectivity index (χ4n) is 2.17. The smallest absolute Gasteiger partial charge is 0.272 e. The average Bonchev–Trinajstić information content (AvgIpc) is 2.77. The van der Waals surface area contributed by atoms with Crippen molar-refractivity contribution in [2.75, 3.05) is 14.2 Å². The van der Waals surface area contributed by atoms with Crippen LogP contribution in [0.1, 0.15) is 0 Å². The van der Waals surface area contributed by atoms with E-state index in [0.717, 1.165) is 10.9 Å². The molecule has 1 aromatic carbocycles. The highest BCUT2D eigenvalue weighted by Gasteiger charge is 2.12. The van der Waals surface area contributed by atoms with Crippen molar-refractivity contribution < 1.29 is 9.47 Å². The first-order valence-corrected chi connectivity index (χ1v) is 5.49. The predicted molar refractivity (Wildman–Crippen MR) is 68.6 cm³/mol. The molecule has 0 aliphatic heterocycles. The Kier molecular flexibility index (Phi) is 2.26. The molecule has 18 heavy (non-hydrogen) atoms. The van der Waals surface area contributed by atoms with Crippen molar-refractivity contribution in [2.45, 2.75) is 0 Å². The van der Waals surface area contributed by atoms with Crippen LogP contribution in [0.5, 0.6) is 11.5 Å². The summed E-state index contributed by atoms with van der Waals surface area (Å²) in [7, 11) is 3.20. The quantitative estimate of drug-likeness (QED) is 0.747. The highest BCUT2D eigenvalue weighted by atomic mass is 16.5. The van der Waals surface area contributed by atoms with Gasteiger partial charge in [0.25, 0.3) is 5.56 Å². The number of aromatic amines is 1. The summed E-state index contributed by atoms with van der Waals surface area (Å²) in [5, 5.41) is 0.905. The standard InChI is InChI=1S/C13H12N2O3/c1-17-9-5-8-6-10-13(16)14-3-4-15(10)12(8)11(7-9)18-2/h3-7H,1-2H3,(H,14,16). The van der Waals surface area contributed by atoms with Crippen LogP contribution in [0.3, 0.4) is 0 Å². The van der Waals surface area contributed by atoms with Crippen molar-refractivity contribution in [1.82, 2.24) is 9.38 Å². The number of benzene rings is 1. The first kappa shape index (κ1) is 10.7. The minimum atomic E-state index is -0.130. The number of nitrogens with zero attached hydrogens (tertiary/aromatic N) is 1. The van der Waals surface area contributed by atoms with Gasteiger partial charge in [0, 0.05) is 23.8 Å². The Hall–Kier alpha value is -2.43. The van der Waals surface area contributed by atoms with Crippen LogP contribution >= 0.6 is 0 Å². The Morgan fingerprint density at radius 2 is 2.00 bits per heavy atom. The van der Waals surface area contributed by atoms with Crippen LogP contribution in [0.2, 0.25) is 0 Å². The molecule has 2 aromatic heterocycles. The summed E-state index contributed by atoms with van der Waals surface area (Å²) in [5.41, 5.74) is 1.31. The fourth-order valence-corrected chi connectivity index (χ4v) is 2.17. The minimum Gasteiger partial charge on any atom is -0.497 e. The van der Waals surface area contributed by atoms with E-state index in [2.05, 4.69) is 4.98 Å². The highest BCUT2D eigenvalue weighted by Crippen LogP contribution is 2.32.